The first kappa shape index (κ1) is 8.78. The van der Waals surface area contributed by atoms with Crippen LogP contribution in [-0.4, -0.2) is 4.98 Å². The van der Waals surface area contributed by atoms with E-state index >= 15 is 0 Å². The quantitative estimate of drug-likeness (QED) is 0.707. The number of nitrogens with zero attached hydrogens (tertiary/aromatic N) is 1. The number of aryl methyl sites for hydroxylation is 1. The lowest BCUT2D eigenvalue weighted by Crippen LogP contribution is -1.79. The van der Waals surface area contributed by atoms with Gasteiger partial charge in [0.05, 0.1) is 4.21 Å². The van der Waals surface area contributed by atoms with Crippen molar-refractivity contribution < 1.29 is 0 Å². The number of thiol groups is 1. The Morgan fingerprint density at radius 1 is 1.23 bits per heavy atom. The van der Waals surface area contributed by atoms with Crippen LogP contribution in [0.4, 0.5) is 0 Å². The van der Waals surface area contributed by atoms with Gasteiger partial charge >= 0.3 is 0 Å². The van der Waals surface area contributed by atoms with Gasteiger partial charge in [-0.1, -0.05) is 6.07 Å². The highest BCUT2D eigenvalue weighted by Crippen LogP contribution is 2.29. The molecule has 0 unspecified atom stereocenters. The first-order valence-electron chi connectivity index (χ1n) is 3.97. The first-order valence-corrected chi connectivity index (χ1v) is 5.24. The highest BCUT2D eigenvalue weighted by molar-refractivity contribution is 7.83. The number of hydrogen-bond acceptors (Lipinski definition) is 3. The number of hydrogen-bond donors (Lipinski definition) is 1. The highest BCUT2D eigenvalue weighted by Gasteiger charge is 2.00. The van der Waals surface area contributed by atoms with E-state index in [0.29, 0.717) is 0 Å². The van der Waals surface area contributed by atoms with Crippen molar-refractivity contribution in [3.05, 3.63) is 36.2 Å². The van der Waals surface area contributed by atoms with E-state index in [1.807, 2.05) is 25.3 Å². The third-order valence-corrected chi connectivity index (χ3v) is 3.15. The van der Waals surface area contributed by atoms with Crippen LogP contribution in [0.25, 0.3) is 10.4 Å². The number of thiophene rings is 1. The molecule has 1 nitrogen and oxygen atoms in total. The second-order valence-electron chi connectivity index (χ2n) is 2.83. The fourth-order valence-electron chi connectivity index (χ4n) is 1.10. The average Bonchev–Trinajstić information content (AvgIpc) is 2.53. The van der Waals surface area contributed by atoms with E-state index in [1.165, 1.54) is 4.88 Å². The third kappa shape index (κ3) is 1.92. The maximum Gasteiger partial charge on any atom is 0.0574 e. The van der Waals surface area contributed by atoms with Gasteiger partial charge in [-0.15, -0.1) is 24.0 Å². The molecule has 2 aromatic heterocycles. The minimum Gasteiger partial charge on any atom is -0.261 e. The van der Waals surface area contributed by atoms with Crippen molar-refractivity contribution in [1.82, 2.24) is 4.98 Å². The Morgan fingerprint density at radius 3 is 2.62 bits per heavy atom. The van der Waals surface area contributed by atoms with Gasteiger partial charge in [-0.3, -0.25) is 4.98 Å². The van der Waals surface area contributed by atoms with E-state index in [2.05, 4.69) is 29.7 Å². The number of pyridine rings is 1. The summed E-state index contributed by atoms with van der Waals surface area (Å²) >= 11 is 5.94. The van der Waals surface area contributed by atoms with Crippen molar-refractivity contribution in [3.8, 4) is 10.4 Å². The van der Waals surface area contributed by atoms with Gasteiger partial charge in [0.2, 0.25) is 0 Å². The van der Waals surface area contributed by atoms with E-state index in [9.17, 15) is 0 Å². The zero-order chi connectivity index (χ0) is 9.26. The van der Waals surface area contributed by atoms with Crippen molar-refractivity contribution in [2.24, 2.45) is 0 Å². The van der Waals surface area contributed by atoms with Crippen LogP contribution in [-0.2, 0) is 0 Å². The SMILES string of the molecule is Cc1ccc(-c2ccc(S)s2)cn1. The normalized spacial score (nSPS) is 10.3. The lowest BCUT2D eigenvalue weighted by Gasteiger charge is -1.96. The van der Waals surface area contributed by atoms with Crippen LogP contribution >= 0.6 is 24.0 Å². The molecule has 3 heteroatoms. The molecule has 2 aromatic rings. The first-order chi connectivity index (χ1) is 6.25. The fraction of sp³-hybridized carbons (Fsp3) is 0.100. The summed E-state index contributed by atoms with van der Waals surface area (Å²) in [5, 5.41) is 0. The molecule has 0 saturated carbocycles. The molecule has 0 fully saturated rings. The van der Waals surface area contributed by atoms with E-state index in [1.54, 1.807) is 11.3 Å². The van der Waals surface area contributed by atoms with Gasteiger partial charge < -0.3 is 0 Å². The molecule has 0 aliphatic rings. The summed E-state index contributed by atoms with van der Waals surface area (Å²) in [4.78, 5) is 5.47. The highest BCUT2D eigenvalue weighted by atomic mass is 32.2. The van der Waals surface area contributed by atoms with Crippen LogP contribution in [0.5, 0.6) is 0 Å². The molecular weight excluding hydrogens is 198 g/mol. The third-order valence-electron chi connectivity index (χ3n) is 1.79. The second-order valence-corrected chi connectivity index (χ2v) is 4.69. The van der Waals surface area contributed by atoms with E-state index in [0.717, 1.165) is 15.5 Å². The summed E-state index contributed by atoms with van der Waals surface area (Å²) in [6.07, 6.45) is 1.90. The molecule has 13 heavy (non-hydrogen) atoms. The second kappa shape index (κ2) is 3.52. The van der Waals surface area contributed by atoms with Crippen molar-refractivity contribution in [3.63, 3.8) is 0 Å². The van der Waals surface area contributed by atoms with Crippen molar-refractivity contribution in [2.75, 3.05) is 0 Å². The average molecular weight is 207 g/mol. The lowest BCUT2D eigenvalue weighted by molar-refractivity contribution is 1.20. The Morgan fingerprint density at radius 2 is 2.08 bits per heavy atom. The van der Waals surface area contributed by atoms with Gasteiger partial charge in [-0.2, -0.15) is 0 Å². The minimum absolute atomic E-state index is 1.04. The molecular formula is C10H9NS2. The Bertz CT molecular complexity index is 403. The Hall–Kier alpha value is -0.800. The molecule has 0 atom stereocenters. The van der Waals surface area contributed by atoms with Gasteiger partial charge in [0.15, 0.2) is 0 Å². The van der Waals surface area contributed by atoms with Crippen LogP contribution in [0.3, 0.4) is 0 Å². The summed E-state index contributed by atoms with van der Waals surface area (Å²) in [7, 11) is 0. The predicted octanol–water partition coefficient (Wildman–Crippen LogP) is 3.41. The zero-order valence-corrected chi connectivity index (χ0v) is 8.90. The minimum atomic E-state index is 1.04. The summed E-state index contributed by atoms with van der Waals surface area (Å²) in [5.41, 5.74) is 2.21. The summed E-state index contributed by atoms with van der Waals surface area (Å²) in [5.74, 6) is 0. The maximum atomic E-state index is 4.27. The standard InChI is InChI=1S/C10H9NS2/c1-7-2-3-8(6-11-7)9-4-5-10(12)13-9/h2-6,12H,1H3. The molecule has 0 aliphatic carbocycles. The summed E-state index contributed by atoms with van der Waals surface area (Å²) < 4.78 is 1.04. The topological polar surface area (TPSA) is 12.9 Å². The molecule has 66 valence electrons. The van der Waals surface area contributed by atoms with Gasteiger partial charge in [0, 0.05) is 22.3 Å². The van der Waals surface area contributed by atoms with E-state index in [-0.39, 0.29) is 0 Å². The van der Waals surface area contributed by atoms with Gasteiger partial charge in [-0.05, 0) is 25.1 Å². The van der Waals surface area contributed by atoms with Gasteiger partial charge in [0.1, 0.15) is 0 Å². The summed E-state index contributed by atoms with van der Waals surface area (Å²) in [6.45, 7) is 1.99. The van der Waals surface area contributed by atoms with E-state index < -0.39 is 0 Å². The summed E-state index contributed by atoms with van der Waals surface area (Å²) in [6, 6.07) is 8.18. The molecule has 0 bridgehead atoms. The predicted molar refractivity (Wildman–Crippen MR) is 59.5 cm³/mol. The molecule has 2 rings (SSSR count). The van der Waals surface area contributed by atoms with Crippen LogP contribution in [0.2, 0.25) is 0 Å². The van der Waals surface area contributed by atoms with Gasteiger partial charge in [0.25, 0.3) is 0 Å². The largest absolute Gasteiger partial charge is 0.261 e. The monoisotopic (exact) mass is 207 g/mol. The smallest absolute Gasteiger partial charge is 0.0574 e. The number of aromatic nitrogens is 1. The molecule has 0 radical (unpaired) electrons. The molecule has 0 amide bonds. The van der Waals surface area contributed by atoms with Crippen molar-refractivity contribution in [2.45, 2.75) is 11.1 Å². The van der Waals surface area contributed by atoms with Crippen LogP contribution in [0.15, 0.2) is 34.7 Å². The molecule has 0 N–H and O–H groups in total. The molecule has 0 aromatic carbocycles. The van der Waals surface area contributed by atoms with Crippen LogP contribution in [0.1, 0.15) is 5.69 Å². The van der Waals surface area contributed by atoms with Crippen molar-refractivity contribution >= 4 is 24.0 Å². The molecule has 0 saturated heterocycles. The molecule has 2 heterocycles. The Labute approximate surface area is 86.9 Å². The molecule has 0 aliphatic heterocycles. The molecule has 0 spiro atoms. The fourth-order valence-corrected chi connectivity index (χ4v) is 2.20. The van der Waals surface area contributed by atoms with Gasteiger partial charge in [-0.25, -0.2) is 0 Å². The zero-order valence-electron chi connectivity index (χ0n) is 7.19. The Kier molecular flexibility index (Phi) is 2.38. The Balaban J connectivity index is 2.41. The maximum absolute atomic E-state index is 4.27. The van der Waals surface area contributed by atoms with Crippen molar-refractivity contribution in [1.29, 1.82) is 0 Å². The number of rotatable bonds is 1. The lowest BCUT2D eigenvalue weighted by atomic mass is 10.2. The van der Waals surface area contributed by atoms with Crippen LogP contribution in [0, 0.1) is 6.92 Å². The van der Waals surface area contributed by atoms with Crippen LogP contribution < -0.4 is 0 Å². The van der Waals surface area contributed by atoms with E-state index in [4.69, 9.17) is 0 Å².